The van der Waals surface area contributed by atoms with Crippen LogP contribution in [0.5, 0.6) is 0 Å². The summed E-state index contributed by atoms with van der Waals surface area (Å²) in [4.78, 5) is 16.4. The van der Waals surface area contributed by atoms with Gasteiger partial charge in [0.15, 0.2) is 5.13 Å². The SMILES string of the molecule is Cl.O=C(CC1CSCCN1)Nc1nc(-c2cccc(F)c2)cs1. The second-order valence-electron chi connectivity index (χ2n) is 5.03. The van der Waals surface area contributed by atoms with E-state index in [0.29, 0.717) is 22.8 Å². The van der Waals surface area contributed by atoms with Crippen molar-refractivity contribution < 1.29 is 9.18 Å². The van der Waals surface area contributed by atoms with Gasteiger partial charge in [-0.15, -0.1) is 23.7 Å². The number of nitrogens with one attached hydrogen (secondary N) is 2. The van der Waals surface area contributed by atoms with Crippen LogP contribution in [-0.2, 0) is 4.79 Å². The Morgan fingerprint density at radius 1 is 1.48 bits per heavy atom. The second kappa shape index (κ2) is 8.63. The zero-order valence-corrected chi connectivity index (χ0v) is 14.7. The van der Waals surface area contributed by atoms with Gasteiger partial charge in [0.25, 0.3) is 0 Å². The van der Waals surface area contributed by atoms with E-state index in [4.69, 9.17) is 0 Å². The zero-order chi connectivity index (χ0) is 15.4. The van der Waals surface area contributed by atoms with Gasteiger partial charge in [0, 0.05) is 41.5 Å². The quantitative estimate of drug-likeness (QED) is 0.862. The van der Waals surface area contributed by atoms with E-state index in [9.17, 15) is 9.18 Å². The number of benzene rings is 1. The first kappa shape index (κ1) is 18.2. The number of halogens is 2. The van der Waals surface area contributed by atoms with E-state index in [1.807, 2.05) is 17.1 Å². The minimum absolute atomic E-state index is 0. The molecule has 1 aromatic carbocycles. The Labute approximate surface area is 148 Å². The molecule has 0 aliphatic carbocycles. The van der Waals surface area contributed by atoms with E-state index in [1.54, 1.807) is 12.1 Å². The third kappa shape index (κ3) is 5.17. The lowest BCUT2D eigenvalue weighted by Crippen LogP contribution is -2.39. The summed E-state index contributed by atoms with van der Waals surface area (Å²) in [6.45, 7) is 0.948. The van der Waals surface area contributed by atoms with Gasteiger partial charge in [-0.2, -0.15) is 11.8 Å². The first-order valence-corrected chi connectivity index (χ1v) is 9.06. The minimum Gasteiger partial charge on any atom is -0.312 e. The number of carbonyl (C=O) groups is 1. The van der Waals surface area contributed by atoms with Crippen LogP contribution in [0.25, 0.3) is 11.3 Å². The van der Waals surface area contributed by atoms with Crippen molar-refractivity contribution in [1.82, 2.24) is 10.3 Å². The Bertz CT molecular complexity index is 662. The van der Waals surface area contributed by atoms with Crippen LogP contribution in [0.2, 0.25) is 0 Å². The molecule has 0 bridgehead atoms. The largest absolute Gasteiger partial charge is 0.312 e. The van der Waals surface area contributed by atoms with Crippen molar-refractivity contribution in [3.63, 3.8) is 0 Å². The topological polar surface area (TPSA) is 54.0 Å². The summed E-state index contributed by atoms with van der Waals surface area (Å²) in [6, 6.07) is 6.50. The molecular formula is C15H17ClFN3OS2. The summed E-state index contributed by atoms with van der Waals surface area (Å²) in [5, 5.41) is 8.52. The number of rotatable bonds is 4. The maximum Gasteiger partial charge on any atom is 0.227 e. The minimum atomic E-state index is -0.294. The van der Waals surface area contributed by atoms with Crippen molar-refractivity contribution in [1.29, 1.82) is 0 Å². The molecule has 1 unspecified atom stereocenters. The molecule has 1 aliphatic rings. The molecule has 23 heavy (non-hydrogen) atoms. The van der Waals surface area contributed by atoms with Gasteiger partial charge in [0.1, 0.15) is 5.82 Å². The summed E-state index contributed by atoms with van der Waals surface area (Å²) in [7, 11) is 0. The van der Waals surface area contributed by atoms with Crippen molar-refractivity contribution in [3.05, 3.63) is 35.5 Å². The molecule has 1 aromatic heterocycles. The van der Waals surface area contributed by atoms with Gasteiger partial charge < -0.3 is 10.6 Å². The first-order chi connectivity index (χ1) is 10.7. The molecule has 3 rings (SSSR count). The van der Waals surface area contributed by atoms with Crippen molar-refractivity contribution in [2.75, 3.05) is 23.4 Å². The van der Waals surface area contributed by atoms with Crippen LogP contribution in [0.1, 0.15) is 6.42 Å². The van der Waals surface area contributed by atoms with Gasteiger partial charge in [0.2, 0.25) is 5.91 Å². The fraction of sp³-hybridized carbons (Fsp3) is 0.333. The molecule has 2 N–H and O–H groups in total. The predicted octanol–water partition coefficient (Wildman–Crippen LogP) is 3.40. The lowest BCUT2D eigenvalue weighted by molar-refractivity contribution is -0.116. The van der Waals surface area contributed by atoms with Crippen LogP contribution < -0.4 is 10.6 Å². The van der Waals surface area contributed by atoms with E-state index in [0.717, 1.165) is 18.1 Å². The van der Waals surface area contributed by atoms with Gasteiger partial charge >= 0.3 is 0 Å². The van der Waals surface area contributed by atoms with E-state index in [-0.39, 0.29) is 30.2 Å². The third-order valence-corrected chi connectivity index (χ3v) is 5.19. The molecule has 4 nitrogen and oxygen atoms in total. The highest BCUT2D eigenvalue weighted by atomic mass is 35.5. The molecule has 0 radical (unpaired) electrons. The third-order valence-electron chi connectivity index (χ3n) is 3.30. The Balaban J connectivity index is 0.00000192. The predicted molar refractivity (Wildman–Crippen MR) is 97.1 cm³/mol. The molecule has 1 fully saturated rings. The summed E-state index contributed by atoms with van der Waals surface area (Å²) < 4.78 is 13.2. The molecule has 1 atom stereocenters. The molecular weight excluding hydrogens is 357 g/mol. The summed E-state index contributed by atoms with van der Waals surface area (Å²) in [5.41, 5.74) is 1.38. The monoisotopic (exact) mass is 373 g/mol. The average Bonchev–Trinajstić information content (AvgIpc) is 2.96. The van der Waals surface area contributed by atoms with E-state index in [2.05, 4.69) is 15.6 Å². The number of hydrogen-bond donors (Lipinski definition) is 2. The van der Waals surface area contributed by atoms with Gasteiger partial charge in [-0.05, 0) is 12.1 Å². The molecule has 0 saturated carbocycles. The number of aromatic nitrogens is 1. The van der Waals surface area contributed by atoms with Crippen LogP contribution in [0.3, 0.4) is 0 Å². The Hall–Kier alpha value is -1.15. The second-order valence-corrected chi connectivity index (χ2v) is 7.03. The van der Waals surface area contributed by atoms with Crippen molar-refractivity contribution in [3.8, 4) is 11.3 Å². The number of hydrogen-bond acceptors (Lipinski definition) is 5. The number of nitrogens with zero attached hydrogens (tertiary/aromatic N) is 1. The smallest absolute Gasteiger partial charge is 0.227 e. The Morgan fingerprint density at radius 2 is 2.35 bits per heavy atom. The highest BCUT2D eigenvalue weighted by Crippen LogP contribution is 2.25. The molecule has 1 saturated heterocycles. The molecule has 2 aromatic rings. The van der Waals surface area contributed by atoms with Crippen LogP contribution >= 0.6 is 35.5 Å². The highest BCUT2D eigenvalue weighted by Gasteiger charge is 2.17. The molecule has 0 spiro atoms. The number of thiazole rings is 1. The van der Waals surface area contributed by atoms with Gasteiger partial charge in [-0.25, -0.2) is 9.37 Å². The van der Waals surface area contributed by atoms with Crippen LogP contribution in [-0.4, -0.2) is 35.0 Å². The molecule has 2 heterocycles. The molecule has 1 aliphatic heterocycles. The van der Waals surface area contributed by atoms with Crippen LogP contribution in [0.15, 0.2) is 29.6 Å². The van der Waals surface area contributed by atoms with Gasteiger partial charge in [-0.3, -0.25) is 4.79 Å². The van der Waals surface area contributed by atoms with E-state index >= 15 is 0 Å². The lowest BCUT2D eigenvalue weighted by Gasteiger charge is -2.22. The van der Waals surface area contributed by atoms with Crippen LogP contribution in [0, 0.1) is 5.82 Å². The van der Waals surface area contributed by atoms with Crippen molar-refractivity contribution in [2.45, 2.75) is 12.5 Å². The number of anilines is 1. The normalized spacial score (nSPS) is 17.3. The fourth-order valence-electron chi connectivity index (χ4n) is 2.26. The summed E-state index contributed by atoms with van der Waals surface area (Å²) in [5.74, 6) is 1.72. The van der Waals surface area contributed by atoms with Crippen molar-refractivity contribution in [2.24, 2.45) is 0 Å². The number of thioether (sulfide) groups is 1. The van der Waals surface area contributed by atoms with E-state index in [1.165, 1.54) is 23.5 Å². The maximum atomic E-state index is 13.2. The summed E-state index contributed by atoms with van der Waals surface area (Å²) in [6.07, 6.45) is 0.446. The van der Waals surface area contributed by atoms with Crippen LogP contribution in [0.4, 0.5) is 9.52 Å². The van der Waals surface area contributed by atoms with Gasteiger partial charge in [-0.1, -0.05) is 12.1 Å². The number of amides is 1. The molecule has 1 amide bonds. The first-order valence-electron chi connectivity index (χ1n) is 7.03. The van der Waals surface area contributed by atoms with Gasteiger partial charge in [0.05, 0.1) is 5.69 Å². The standard InChI is InChI=1S/C15H16FN3OS2.ClH/c16-11-3-1-2-10(6-11)13-9-22-15(18-13)19-14(20)7-12-8-21-5-4-17-12;/h1-3,6,9,12,17H,4-5,7-8H2,(H,18,19,20);1H. The summed E-state index contributed by atoms with van der Waals surface area (Å²) >= 11 is 3.21. The Kier molecular flexibility index (Phi) is 6.83. The lowest BCUT2D eigenvalue weighted by atomic mass is 10.2. The fourth-order valence-corrected chi connectivity index (χ4v) is 3.94. The molecule has 124 valence electrons. The van der Waals surface area contributed by atoms with Crippen molar-refractivity contribution >= 4 is 46.5 Å². The average molecular weight is 374 g/mol. The van der Waals surface area contributed by atoms with E-state index < -0.39 is 0 Å². The Morgan fingerprint density at radius 3 is 3.09 bits per heavy atom. The molecule has 8 heteroatoms. The number of carbonyl (C=O) groups excluding carboxylic acids is 1. The zero-order valence-electron chi connectivity index (χ0n) is 12.3. The highest BCUT2D eigenvalue weighted by molar-refractivity contribution is 7.99. The maximum absolute atomic E-state index is 13.2.